The number of rotatable bonds is 5. The molecule has 5 nitrogen and oxygen atoms in total. The van der Waals surface area contributed by atoms with E-state index in [9.17, 15) is 13.2 Å². The number of alkyl halides is 3. The first-order chi connectivity index (χ1) is 13.1. The standard InChI is InChI=1S/C20H25F3N4O/c1-12(2)19-25-17(24-13(3)4)10-18(26-19)27-8-7-14-5-6-16(9-15(14)11-27)28-20(21,22)23/h5-6,9-10,12-13H,7-8,11H2,1-4H3,(H,24,25,26). The summed E-state index contributed by atoms with van der Waals surface area (Å²) in [5, 5.41) is 3.31. The molecule has 1 aromatic carbocycles. The smallest absolute Gasteiger partial charge is 0.406 e. The Hall–Kier alpha value is -2.51. The molecule has 0 aliphatic carbocycles. The zero-order valence-electron chi connectivity index (χ0n) is 16.5. The van der Waals surface area contributed by atoms with Gasteiger partial charge in [-0.25, -0.2) is 9.97 Å². The molecule has 2 heterocycles. The molecule has 0 amide bonds. The highest BCUT2D eigenvalue weighted by molar-refractivity contribution is 5.52. The van der Waals surface area contributed by atoms with Crippen molar-refractivity contribution in [2.24, 2.45) is 0 Å². The average Bonchev–Trinajstić information content (AvgIpc) is 2.58. The van der Waals surface area contributed by atoms with E-state index < -0.39 is 6.36 Å². The van der Waals surface area contributed by atoms with E-state index in [0.29, 0.717) is 6.54 Å². The van der Waals surface area contributed by atoms with E-state index >= 15 is 0 Å². The number of hydrogen-bond acceptors (Lipinski definition) is 5. The molecule has 1 aromatic heterocycles. The summed E-state index contributed by atoms with van der Waals surface area (Å²) in [4.78, 5) is 11.3. The van der Waals surface area contributed by atoms with Crippen molar-refractivity contribution in [2.45, 2.75) is 59.0 Å². The molecule has 0 spiro atoms. The van der Waals surface area contributed by atoms with E-state index in [4.69, 9.17) is 0 Å². The summed E-state index contributed by atoms with van der Waals surface area (Å²) in [6, 6.07) is 6.67. The van der Waals surface area contributed by atoms with Gasteiger partial charge in [-0.15, -0.1) is 13.2 Å². The first kappa shape index (κ1) is 20.2. The Labute approximate surface area is 162 Å². The van der Waals surface area contributed by atoms with Crippen LogP contribution < -0.4 is 15.0 Å². The number of nitrogens with one attached hydrogen (secondary N) is 1. The molecule has 0 fully saturated rings. The predicted octanol–water partition coefficient (Wildman–Crippen LogP) is 4.88. The van der Waals surface area contributed by atoms with Gasteiger partial charge in [0.2, 0.25) is 0 Å². The molecule has 1 aliphatic rings. The van der Waals surface area contributed by atoms with Gasteiger partial charge in [0.25, 0.3) is 0 Å². The largest absolute Gasteiger partial charge is 0.573 e. The number of anilines is 2. The van der Waals surface area contributed by atoms with Crippen LogP contribution in [0.4, 0.5) is 24.8 Å². The van der Waals surface area contributed by atoms with Gasteiger partial charge in [0.15, 0.2) is 0 Å². The van der Waals surface area contributed by atoms with E-state index in [1.165, 1.54) is 12.1 Å². The number of halogens is 3. The SMILES string of the molecule is CC(C)Nc1cc(N2CCc3ccc(OC(F)(F)F)cc3C2)nc(C(C)C)n1. The molecule has 0 radical (unpaired) electrons. The lowest BCUT2D eigenvalue weighted by atomic mass is 9.99. The zero-order chi connectivity index (χ0) is 20.5. The van der Waals surface area contributed by atoms with Gasteiger partial charge in [0.1, 0.15) is 23.2 Å². The van der Waals surface area contributed by atoms with Gasteiger partial charge in [-0.1, -0.05) is 19.9 Å². The van der Waals surface area contributed by atoms with Crippen molar-refractivity contribution in [3.8, 4) is 5.75 Å². The molecule has 1 aliphatic heterocycles. The Balaban J connectivity index is 1.88. The molecule has 1 N–H and O–H groups in total. The number of hydrogen-bond donors (Lipinski definition) is 1. The van der Waals surface area contributed by atoms with E-state index in [1.54, 1.807) is 6.07 Å². The third kappa shape index (κ3) is 5.05. The van der Waals surface area contributed by atoms with Gasteiger partial charge >= 0.3 is 6.36 Å². The van der Waals surface area contributed by atoms with Gasteiger partial charge in [-0.05, 0) is 43.5 Å². The third-order valence-electron chi connectivity index (χ3n) is 4.43. The van der Waals surface area contributed by atoms with Crippen molar-refractivity contribution in [3.63, 3.8) is 0 Å². The van der Waals surface area contributed by atoms with Gasteiger partial charge < -0.3 is 15.0 Å². The molecule has 0 atom stereocenters. The summed E-state index contributed by atoms with van der Waals surface area (Å²) < 4.78 is 41.6. The van der Waals surface area contributed by atoms with Crippen molar-refractivity contribution in [1.82, 2.24) is 9.97 Å². The summed E-state index contributed by atoms with van der Waals surface area (Å²) in [6.07, 6.45) is -3.96. The zero-order valence-corrected chi connectivity index (χ0v) is 16.5. The Morgan fingerprint density at radius 2 is 1.82 bits per heavy atom. The van der Waals surface area contributed by atoms with Crippen LogP contribution in [-0.4, -0.2) is 28.9 Å². The highest BCUT2D eigenvalue weighted by Crippen LogP contribution is 2.30. The summed E-state index contributed by atoms with van der Waals surface area (Å²) in [6.45, 7) is 9.35. The highest BCUT2D eigenvalue weighted by atomic mass is 19.4. The fourth-order valence-corrected chi connectivity index (χ4v) is 3.17. The number of fused-ring (bicyclic) bond motifs is 1. The maximum atomic E-state index is 12.5. The monoisotopic (exact) mass is 394 g/mol. The Morgan fingerprint density at radius 1 is 1.07 bits per heavy atom. The molecule has 28 heavy (non-hydrogen) atoms. The van der Waals surface area contributed by atoms with Crippen molar-refractivity contribution >= 4 is 11.6 Å². The van der Waals surface area contributed by atoms with Crippen LogP contribution in [0.25, 0.3) is 0 Å². The Morgan fingerprint density at radius 3 is 2.46 bits per heavy atom. The number of aromatic nitrogens is 2. The molecular formula is C20H25F3N4O. The third-order valence-corrected chi connectivity index (χ3v) is 4.43. The molecule has 0 saturated carbocycles. The van der Waals surface area contributed by atoms with Crippen LogP contribution in [0.1, 0.15) is 50.6 Å². The minimum Gasteiger partial charge on any atom is -0.406 e. The summed E-state index contributed by atoms with van der Waals surface area (Å²) >= 11 is 0. The first-order valence-corrected chi connectivity index (χ1v) is 9.38. The van der Waals surface area contributed by atoms with Crippen molar-refractivity contribution in [1.29, 1.82) is 0 Å². The second-order valence-electron chi connectivity index (χ2n) is 7.57. The minimum absolute atomic E-state index is 0.163. The molecule has 0 saturated heterocycles. The predicted molar refractivity (Wildman–Crippen MR) is 103 cm³/mol. The van der Waals surface area contributed by atoms with Crippen LogP contribution in [-0.2, 0) is 13.0 Å². The highest BCUT2D eigenvalue weighted by Gasteiger charge is 2.31. The second-order valence-corrected chi connectivity index (χ2v) is 7.57. The number of benzene rings is 1. The van der Waals surface area contributed by atoms with Crippen molar-refractivity contribution in [3.05, 3.63) is 41.2 Å². The maximum Gasteiger partial charge on any atom is 0.573 e. The average molecular weight is 394 g/mol. The van der Waals surface area contributed by atoms with Crippen LogP contribution in [0.3, 0.4) is 0 Å². The lowest BCUT2D eigenvalue weighted by molar-refractivity contribution is -0.274. The van der Waals surface area contributed by atoms with Crippen LogP contribution >= 0.6 is 0 Å². The quantitative estimate of drug-likeness (QED) is 0.783. The van der Waals surface area contributed by atoms with Gasteiger partial charge in [-0.2, -0.15) is 0 Å². The lowest BCUT2D eigenvalue weighted by Crippen LogP contribution is -2.31. The van der Waals surface area contributed by atoms with Crippen LogP contribution in [0.15, 0.2) is 24.3 Å². The maximum absolute atomic E-state index is 12.5. The van der Waals surface area contributed by atoms with E-state index in [0.717, 1.165) is 41.6 Å². The molecule has 152 valence electrons. The topological polar surface area (TPSA) is 50.3 Å². The number of nitrogens with zero attached hydrogens (tertiary/aromatic N) is 3. The van der Waals surface area contributed by atoms with Crippen molar-refractivity contribution in [2.75, 3.05) is 16.8 Å². The molecule has 3 rings (SSSR count). The van der Waals surface area contributed by atoms with Crippen molar-refractivity contribution < 1.29 is 17.9 Å². The van der Waals surface area contributed by atoms with E-state index in [2.05, 4.69) is 24.9 Å². The normalized spacial score (nSPS) is 14.4. The summed E-state index contributed by atoms with van der Waals surface area (Å²) in [7, 11) is 0. The van der Waals surface area contributed by atoms with E-state index in [-0.39, 0.29) is 17.7 Å². The molecule has 2 aromatic rings. The van der Waals surface area contributed by atoms with E-state index in [1.807, 2.05) is 33.8 Å². The molecule has 0 unspecified atom stereocenters. The van der Waals surface area contributed by atoms with Crippen LogP contribution in [0.2, 0.25) is 0 Å². The fraction of sp³-hybridized carbons (Fsp3) is 0.500. The Bertz CT molecular complexity index is 837. The molecule has 0 bridgehead atoms. The summed E-state index contributed by atoms with van der Waals surface area (Å²) in [5.41, 5.74) is 1.85. The lowest BCUT2D eigenvalue weighted by Gasteiger charge is -2.31. The molecular weight excluding hydrogens is 369 g/mol. The molecule has 8 heteroatoms. The fourth-order valence-electron chi connectivity index (χ4n) is 3.17. The number of ether oxygens (including phenoxy) is 1. The minimum atomic E-state index is -4.70. The van der Waals surface area contributed by atoms with Gasteiger partial charge in [0.05, 0.1) is 0 Å². The van der Waals surface area contributed by atoms with Gasteiger partial charge in [0, 0.05) is 31.1 Å². The Kier molecular flexibility index (Phi) is 5.67. The summed E-state index contributed by atoms with van der Waals surface area (Å²) in [5.74, 6) is 2.23. The first-order valence-electron chi connectivity index (χ1n) is 9.38. The second kappa shape index (κ2) is 7.85. The van der Waals surface area contributed by atoms with Crippen LogP contribution in [0, 0.1) is 0 Å². The van der Waals surface area contributed by atoms with Crippen LogP contribution in [0.5, 0.6) is 5.75 Å². The van der Waals surface area contributed by atoms with Gasteiger partial charge in [-0.3, -0.25) is 0 Å².